The van der Waals surface area contributed by atoms with Crippen LogP contribution in [0.4, 0.5) is 5.13 Å². The predicted molar refractivity (Wildman–Crippen MR) is 93.9 cm³/mol. The highest BCUT2D eigenvalue weighted by molar-refractivity contribution is 8.00. The molecule has 26 heavy (non-hydrogen) atoms. The molecule has 2 N–H and O–H groups in total. The van der Waals surface area contributed by atoms with Crippen LogP contribution in [0.5, 0.6) is 0 Å². The van der Waals surface area contributed by atoms with Crippen molar-refractivity contribution in [2.75, 3.05) is 17.7 Å². The van der Waals surface area contributed by atoms with Gasteiger partial charge in [-0.15, -0.1) is 11.8 Å². The number of thiazole rings is 1. The second kappa shape index (κ2) is 7.08. The second-order valence-corrected chi connectivity index (χ2v) is 7.79. The standard InChI is InChI=1S/C15H15N3O6S2/c1-6(19)9-3-16-15(26-9)17-10-12(21)18-11(14(22)23)8(4-24-7(2)20)5-25-13(10)18/h3,10,13H,4-5H2,1-2H3,(H,16,17)(H,22,23)/t10-,13-/m1/s1. The van der Waals surface area contributed by atoms with E-state index in [1.165, 1.54) is 36.7 Å². The van der Waals surface area contributed by atoms with Crippen molar-refractivity contribution in [2.24, 2.45) is 0 Å². The van der Waals surface area contributed by atoms with E-state index >= 15 is 0 Å². The van der Waals surface area contributed by atoms with E-state index in [9.17, 15) is 24.3 Å². The van der Waals surface area contributed by atoms with Crippen LogP contribution in [0.1, 0.15) is 23.5 Å². The van der Waals surface area contributed by atoms with Gasteiger partial charge in [-0.1, -0.05) is 11.3 Å². The number of aromatic nitrogens is 1. The molecule has 1 amide bonds. The molecular weight excluding hydrogens is 382 g/mol. The van der Waals surface area contributed by atoms with Crippen LogP contribution in [0.3, 0.4) is 0 Å². The monoisotopic (exact) mass is 397 g/mol. The number of carboxylic acid groups (broad SMARTS) is 1. The molecule has 1 fully saturated rings. The molecule has 11 heteroatoms. The summed E-state index contributed by atoms with van der Waals surface area (Å²) in [7, 11) is 0. The summed E-state index contributed by atoms with van der Waals surface area (Å²) in [6, 6.07) is -0.629. The molecule has 0 aromatic carbocycles. The summed E-state index contributed by atoms with van der Waals surface area (Å²) in [5, 5.41) is 12.5. The lowest BCUT2D eigenvalue weighted by molar-refractivity contribution is -0.147. The fraction of sp³-hybridized carbons (Fsp3) is 0.400. The number of nitrogens with zero attached hydrogens (tertiary/aromatic N) is 2. The van der Waals surface area contributed by atoms with Crippen molar-refractivity contribution in [1.82, 2.24) is 9.88 Å². The highest BCUT2D eigenvalue weighted by Crippen LogP contribution is 2.41. The number of thioether (sulfide) groups is 1. The summed E-state index contributed by atoms with van der Waals surface area (Å²) in [5.74, 6) is -1.95. The van der Waals surface area contributed by atoms with Gasteiger partial charge in [-0.3, -0.25) is 19.3 Å². The molecule has 2 aliphatic heterocycles. The van der Waals surface area contributed by atoms with Crippen molar-refractivity contribution < 1.29 is 29.0 Å². The van der Waals surface area contributed by atoms with E-state index in [1.54, 1.807) is 0 Å². The third-order valence-corrected chi connectivity index (χ3v) is 6.20. The smallest absolute Gasteiger partial charge is 0.352 e. The molecule has 0 aliphatic carbocycles. The van der Waals surface area contributed by atoms with E-state index in [-0.39, 0.29) is 18.1 Å². The van der Waals surface area contributed by atoms with E-state index in [1.807, 2.05) is 0 Å². The van der Waals surface area contributed by atoms with E-state index in [4.69, 9.17) is 4.74 Å². The van der Waals surface area contributed by atoms with Gasteiger partial charge >= 0.3 is 11.9 Å². The zero-order chi connectivity index (χ0) is 19.0. The zero-order valence-electron chi connectivity index (χ0n) is 13.8. The summed E-state index contributed by atoms with van der Waals surface area (Å²) in [6.45, 7) is 2.50. The van der Waals surface area contributed by atoms with Crippen molar-refractivity contribution in [3.63, 3.8) is 0 Å². The summed E-state index contributed by atoms with van der Waals surface area (Å²) >= 11 is 2.52. The maximum absolute atomic E-state index is 12.5. The van der Waals surface area contributed by atoms with Crippen molar-refractivity contribution in [3.8, 4) is 0 Å². The number of fused-ring (bicyclic) bond motifs is 1. The van der Waals surface area contributed by atoms with Gasteiger partial charge in [0.1, 0.15) is 23.7 Å². The molecule has 3 rings (SSSR count). The van der Waals surface area contributed by atoms with E-state index in [0.29, 0.717) is 21.3 Å². The number of carboxylic acids is 1. The summed E-state index contributed by atoms with van der Waals surface area (Å²) in [4.78, 5) is 52.2. The Bertz CT molecular complexity index is 833. The van der Waals surface area contributed by atoms with Crippen molar-refractivity contribution >= 4 is 51.9 Å². The van der Waals surface area contributed by atoms with Gasteiger partial charge in [-0.05, 0) is 0 Å². The molecule has 3 heterocycles. The molecule has 9 nitrogen and oxygen atoms in total. The van der Waals surface area contributed by atoms with Crippen LogP contribution in [-0.2, 0) is 19.1 Å². The van der Waals surface area contributed by atoms with Gasteiger partial charge in [-0.2, -0.15) is 0 Å². The number of hydrogen-bond donors (Lipinski definition) is 2. The number of Topliss-reactive ketones (excluding diaryl/α,β-unsaturated/α-hetero) is 1. The first-order chi connectivity index (χ1) is 12.3. The number of carbonyl (C=O) groups is 4. The number of hydrogen-bond acceptors (Lipinski definition) is 9. The Hall–Kier alpha value is -2.40. The molecule has 2 aliphatic rings. The van der Waals surface area contributed by atoms with Crippen molar-refractivity contribution in [1.29, 1.82) is 0 Å². The van der Waals surface area contributed by atoms with E-state index in [2.05, 4.69) is 10.3 Å². The molecule has 0 unspecified atom stereocenters. The number of rotatable bonds is 6. The summed E-state index contributed by atoms with van der Waals surface area (Å²) in [6.07, 6.45) is 1.43. The highest BCUT2D eigenvalue weighted by atomic mass is 32.2. The highest BCUT2D eigenvalue weighted by Gasteiger charge is 2.54. The van der Waals surface area contributed by atoms with Gasteiger partial charge < -0.3 is 15.2 Å². The molecule has 1 saturated heterocycles. The van der Waals surface area contributed by atoms with E-state index in [0.717, 1.165) is 11.3 Å². The Morgan fingerprint density at radius 2 is 2.15 bits per heavy atom. The Morgan fingerprint density at radius 1 is 1.42 bits per heavy atom. The Morgan fingerprint density at radius 3 is 2.73 bits per heavy atom. The largest absolute Gasteiger partial charge is 0.477 e. The van der Waals surface area contributed by atoms with Crippen LogP contribution in [0, 0.1) is 0 Å². The first kappa shape index (κ1) is 18.4. The molecule has 0 spiro atoms. The first-order valence-corrected chi connectivity index (χ1v) is 9.42. The van der Waals surface area contributed by atoms with Crippen LogP contribution >= 0.6 is 23.1 Å². The molecular formula is C15H15N3O6S2. The number of aliphatic carboxylic acids is 1. The molecule has 1 aromatic heterocycles. The van der Waals surface area contributed by atoms with E-state index < -0.39 is 29.3 Å². The van der Waals surface area contributed by atoms with Gasteiger partial charge in [0.25, 0.3) is 5.91 Å². The first-order valence-electron chi connectivity index (χ1n) is 7.56. The van der Waals surface area contributed by atoms with Crippen LogP contribution < -0.4 is 5.32 Å². The SMILES string of the molecule is CC(=O)OCC1=C(C(=O)O)N2C(=O)[C@@H](Nc3ncc(C(C)=O)s3)[C@H]2SC1. The second-order valence-electron chi connectivity index (χ2n) is 5.66. The summed E-state index contributed by atoms with van der Waals surface area (Å²) in [5.41, 5.74) is 0.246. The molecule has 0 radical (unpaired) electrons. The number of amides is 1. The number of nitrogens with one attached hydrogen (secondary N) is 1. The minimum atomic E-state index is -1.24. The number of esters is 1. The van der Waals surface area contributed by atoms with Crippen molar-refractivity contribution in [3.05, 3.63) is 22.3 Å². The fourth-order valence-corrected chi connectivity index (χ4v) is 4.70. The van der Waals surface area contributed by atoms with Gasteiger partial charge in [0.15, 0.2) is 10.9 Å². The quantitative estimate of drug-likeness (QED) is 0.410. The Labute approximate surface area is 156 Å². The lowest BCUT2D eigenvalue weighted by Gasteiger charge is -2.49. The topological polar surface area (TPSA) is 126 Å². The van der Waals surface area contributed by atoms with Crippen molar-refractivity contribution in [2.45, 2.75) is 25.3 Å². The van der Waals surface area contributed by atoms with Crippen LogP contribution in [0.2, 0.25) is 0 Å². The maximum Gasteiger partial charge on any atom is 0.352 e. The zero-order valence-corrected chi connectivity index (χ0v) is 15.5. The number of carbonyl (C=O) groups excluding carboxylic acids is 3. The van der Waals surface area contributed by atoms with Gasteiger partial charge in [0.05, 0.1) is 11.1 Å². The minimum Gasteiger partial charge on any atom is -0.477 e. The third-order valence-electron chi connectivity index (χ3n) is 3.83. The van der Waals surface area contributed by atoms with Crippen LogP contribution in [-0.4, -0.2) is 62.4 Å². The van der Waals surface area contributed by atoms with Crippen LogP contribution in [0.25, 0.3) is 0 Å². The lowest BCUT2D eigenvalue weighted by atomic mass is 10.0. The van der Waals surface area contributed by atoms with Gasteiger partial charge in [-0.25, -0.2) is 9.78 Å². The molecule has 138 valence electrons. The van der Waals surface area contributed by atoms with Gasteiger partial charge in [0.2, 0.25) is 0 Å². The average Bonchev–Trinajstić information content (AvgIpc) is 3.05. The summed E-state index contributed by atoms with van der Waals surface area (Å²) < 4.78 is 4.89. The lowest BCUT2D eigenvalue weighted by Crippen LogP contribution is -2.67. The minimum absolute atomic E-state index is 0.115. The predicted octanol–water partition coefficient (Wildman–Crippen LogP) is 0.943. The third kappa shape index (κ3) is 3.31. The molecule has 1 aromatic rings. The number of anilines is 1. The number of ketones is 1. The maximum atomic E-state index is 12.5. The number of ether oxygens (including phenoxy) is 1. The Kier molecular flexibility index (Phi) is 5.01. The average molecular weight is 397 g/mol. The molecule has 0 bridgehead atoms. The fourth-order valence-electron chi connectivity index (χ4n) is 2.62. The molecule has 2 atom stereocenters. The van der Waals surface area contributed by atoms with Gasteiger partial charge in [0, 0.05) is 25.2 Å². The normalized spacial score (nSPS) is 21.8. The number of β-lactam (4-membered cyclic amide) rings is 1. The van der Waals surface area contributed by atoms with Crippen LogP contribution in [0.15, 0.2) is 17.5 Å². The molecule has 0 saturated carbocycles. The Balaban J connectivity index is 1.77.